The maximum absolute atomic E-state index is 13.2. The Labute approximate surface area is 283 Å². The number of anilines is 1. The zero-order valence-corrected chi connectivity index (χ0v) is 28.3. The molecule has 1 atom stereocenters. The number of amides is 2. The van der Waals surface area contributed by atoms with Crippen LogP contribution in [0.2, 0.25) is 0 Å². The molecule has 2 amide bonds. The molecule has 0 bridgehead atoms. The zero-order chi connectivity index (χ0) is 34.3. The minimum Gasteiger partial charge on any atom is -0.494 e. The number of carbonyl (C=O) groups excluding carboxylic acids is 4. The van der Waals surface area contributed by atoms with Crippen molar-refractivity contribution in [1.82, 2.24) is 5.32 Å². The molecule has 3 aromatic rings. The number of ether oxygens (including phenoxy) is 3. The summed E-state index contributed by atoms with van der Waals surface area (Å²) in [4.78, 5) is 51.4. The molecule has 9 heteroatoms. The van der Waals surface area contributed by atoms with Crippen LogP contribution in [-0.2, 0) is 16.0 Å². The molecule has 0 heterocycles. The van der Waals surface area contributed by atoms with Gasteiger partial charge in [-0.1, -0.05) is 64.0 Å². The molecule has 4 rings (SSSR count). The molecule has 48 heavy (non-hydrogen) atoms. The van der Waals surface area contributed by atoms with Gasteiger partial charge in [-0.15, -0.1) is 0 Å². The number of unbranched alkanes of at least 4 members (excludes halogenated alkanes) is 4. The Morgan fingerprint density at radius 2 is 1.58 bits per heavy atom. The third-order valence-electron chi connectivity index (χ3n) is 8.64. The minimum absolute atomic E-state index is 0.00795. The highest BCUT2D eigenvalue weighted by atomic mass is 16.6. The lowest BCUT2D eigenvalue weighted by Gasteiger charge is -2.21. The highest BCUT2D eigenvalue weighted by Gasteiger charge is 2.23. The summed E-state index contributed by atoms with van der Waals surface area (Å²) in [5.74, 6) is 0.0273. The Kier molecular flexibility index (Phi) is 14.0. The van der Waals surface area contributed by atoms with Gasteiger partial charge in [-0.25, -0.2) is 4.79 Å². The van der Waals surface area contributed by atoms with E-state index in [1.807, 2.05) is 0 Å². The first-order valence-electron chi connectivity index (χ1n) is 17.1. The Balaban J connectivity index is 1.33. The monoisotopic (exact) mass is 656 g/mol. The van der Waals surface area contributed by atoms with Gasteiger partial charge in [0.25, 0.3) is 5.91 Å². The molecule has 3 aromatic carbocycles. The van der Waals surface area contributed by atoms with Gasteiger partial charge in [0, 0.05) is 17.2 Å². The number of nitrogens with one attached hydrogen (secondary N) is 2. The molecule has 0 radical (unpaired) electrons. The zero-order valence-electron chi connectivity index (χ0n) is 28.3. The predicted molar refractivity (Wildman–Crippen MR) is 186 cm³/mol. The molecule has 9 nitrogen and oxygen atoms in total. The average molecular weight is 657 g/mol. The number of rotatable bonds is 17. The van der Waals surface area contributed by atoms with Crippen LogP contribution >= 0.6 is 0 Å². The highest BCUT2D eigenvalue weighted by molar-refractivity contribution is 5.99. The maximum atomic E-state index is 13.2. The number of Topliss-reactive ketones (excluding diaryl/α,β-unsaturated/α-hetero) is 1. The van der Waals surface area contributed by atoms with Crippen molar-refractivity contribution in [3.63, 3.8) is 0 Å². The van der Waals surface area contributed by atoms with Crippen LogP contribution in [0.15, 0.2) is 66.7 Å². The van der Waals surface area contributed by atoms with Crippen molar-refractivity contribution in [2.75, 3.05) is 19.0 Å². The number of carbonyl (C=O) groups is 4. The molecule has 1 aliphatic carbocycles. The second-order valence-corrected chi connectivity index (χ2v) is 12.4. The molecule has 256 valence electrons. The third-order valence-corrected chi connectivity index (χ3v) is 8.64. The fraction of sp³-hybridized carbons (Fsp3) is 0.436. The summed E-state index contributed by atoms with van der Waals surface area (Å²) >= 11 is 0. The Morgan fingerprint density at radius 1 is 0.833 bits per heavy atom. The lowest BCUT2D eigenvalue weighted by atomic mass is 9.88. The van der Waals surface area contributed by atoms with E-state index in [0.29, 0.717) is 40.5 Å². The molecule has 0 saturated heterocycles. The smallest absolute Gasteiger partial charge is 0.343 e. The Morgan fingerprint density at radius 3 is 2.29 bits per heavy atom. The van der Waals surface area contributed by atoms with Gasteiger partial charge in [-0.3, -0.25) is 14.4 Å². The number of hydrogen-bond acceptors (Lipinski definition) is 7. The lowest BCUT2D eigenvalue weighted by molar-refractivity contribution is -0.121. The van der Waals surface area contributed by atoms with E-state index in [-0.39, 0.29) is 29.8 Å². The molecular weight excluding hydrogens is 608 g/mol. The summed E-state index contributed by atoms with van der Waals surface area (Å²) < 4.78 is 16.9. The second-order valence-electron chi connectivity index (χ2n) is 12.4. The van der Waals surface area contributed by atoms with E-state index in [1.165, 1.54) is 33.3 Å². The van der Waals surface area contributed by atoms with E-state index in [0.717, 1.165) is 44.9 Å². The van der Waals surface area contributed by atoms with Gasteiger partial charge in [0.15, 0.2) is 17.3 Å². The SMILES string of the molecule is CCCCCCCOc1ccc(C(=O)Oc2ccc(CC(NC(=O)c3cccc(NC(=O)C4CCCCC4)c3)C(C)=O)cc2OC)cc1. The summed E-state index contributed by atoms with van der Waals surface area (Å²) in [5.41, 5.74) is 1.96. The van der Waals surface area contributed by atoms with Gasteiger partial charge < -0.3 is 24.8 Å². The van der Waals surface area contributed by atoms with Crippen LogP contribution in [-0.4, -0.2) is 43.3 Å². The van der Waals surface area contributed by atoms with Crippen molar-refractivity contribution in [1.29, 1.82) is 0 Å². The highest BCUT2D eigenvalue weighted by Crippen LogP contribution is 2.30. The number of esters is 1. The van der Waals surface area contributed by atoms with Crippen LogP contribution in [0, 0.1) is 5.92 Å². The van der Waals surface area contributed by atoms with Crippen molar-refractivity contribution < 1.29 is 33.4 Å². The standard InChI is InChI=1S/C39H48N2O7/c1-4-5-6-7-11-23-47-33-20-18-30(19-21-33)39(45)48-35-22-17-28(25-36(35)46-3)24-34(27(2)42)41-38(44)31-15-12-16-32(26-31)40-37(43)29-13-9-8-10-14-29/h12,15-22,25-26,29,34H,4-11,13-14,23-24H2,1-3H3,(H,40,43)(H,41,44). The first-order valence-corrected chi connectivity index (χ1v) is 17.1. The Bertz CT molecular complexity index is 1530. The topological polar surface area (TPSA) is 120 Å². The molecule has 1 fully saturated rings. The number of benzene rings is 3. The molecule has 1 unspecified atom stereocenters. The van der Waals surface area contributed by atoms with Gasteiger partial charge in [0.1, 0.15) is 5.75 Å². The van der Waals surface area contributed by atoms with E-state index in [9.17, 15) is 19.2 Å². The van der Waals surface area contributed by atoms with Crippen LogP contribution in [0.5, 0.6) is 17.2 Å². The lowest BCUT2D eigenvalue weighted by Crippen LogP contribution is -2.41. The number of methoxy groups -OCH3 is 1. The summed E-state index contributed by atoms with van der Waals surface area (Å²) in [5, 5.41) is 5.76. The maximum Gasteiger partial charge on any atom is 0.343 e. The van der Waals surface area contributed by atoms with E-state index in [2.05, 4.69) is 17.6 Å². The first kappa shape index (κ1) is 36.2. The number of hydrogen-bond donors (Lipinski definition) is 2. The van der Waals surface area contributed by atoms with Crippen molar-refractivity contribution >= 4 is 29.3 Å². The Hall–Kier alpha value is -4.66. The molecule has 0 aliphatic heterocycles. The summed E-state index contributed by atoms with van der Waals surface area (Å²) in [6.07, 6.45) is 11.0. The first-order chi connectivity index (χ1) is 23.3. The predicted octanol–water partition coefficient (Wildman–Crippen LogP) is 7.71. The van der Waals surface area contributed by atoms with E-state index in [4.69, 9.17) is 14.2 Å². The molecule has 0 aromatic heterocycles. The van der Waals surface area contributed by atoms with Crippen molar-refractivity contribution in [2.24, 2.45) is 5.92 Å². The largest absolute Gasteiger partial charge is 0.494 e. The van der Waals surface area contributed by atoms with Gasteiger partial charge in [-0.2, -0.15) is 0 Å². The fourth-order valence-corrected chi connectivity index (χ4v) is 5.79. The quantitative estimate of drug-likeness (QED) is 0.0868. The van der Waals surface area contributed by atoms with Crippen LogP contribution in [0.25, 0.3) is 0 Å². The molecule has 2 N–H and O–H groups in total. The van der Waals surface area contributed by atoms with Crippen LogP contribution in [0.1, 0.15) is 104 Å². The molecule has 1 saturated carbocycles. The van der Waals surface area contributed by atoms with Crippen LogP contribution in [0.3, 0.4) is 0 Å². The van der Waals surface area contributed by atoms with Gasteiger partial charge in [0.05, 0.1) is 25.3 Å². The summed E-state index contributed by atoms with van der Waals surface area (Å²) in [7, 11) is 1.47. The van der Waals surface area contributed by atoms with Crippen molar-refractivity contribution in [2.45, 2.75) is 90.5 Å². The average Bonchev–Trinajstić information content (AvgIpc) is 3.10. The van der Waals surface area contributed by atoms with Gasteiger partial charge in [0.2, 0.25) is 5.91 Å². The van der Waals surface area contributed by atoms with Crippen molar-refractivity contribution in [3.05, 3.63) is 83.4 Å². The molecule has 1 aliphatic rings. The van der Waals surface area contributed by atoms with E-state index >= 15 is 0 Å². The van der Waals surface area contributed by atoms with E-state index < -0.39 is 17.9 Å². The van der Waals surface area contributed by atoms with Crippen LogP contribution in [0.4, 0.5) is 5.69 Å². The summed E-state index contributed by atoms with van der Waals surface area (Å²) in [6, 6.07) is 17.8. The number of ketones is 1. The second kappa shape index (κ2) is 18.6. The molecular formula is C39H48N2O7. The minimum atomic E-state index is -0.812. The van der Waals surface area contributed by atoms with Gasteiger partial charge >= 0.3 is 5.97 Å². The normalized spacial score (nSPS) is 13.6. The van der Waals surface area contributed by atoms with E-state index in [1.54, 1.807) is 66.7 Å². The molecule has 0 spiro atoms. The van der Waals surface area contributed by atoms with Crippen LogP contribution < -0.4 is 24.8 Å². The van der Waals surface area contributed by atoms with Crippen molar-refractivity contribution in [3.8, 4) is 17.2 Å². The van der Waals surface area contributed by atoms with Gasteiger partial charge in [-0.05, 0) is 92.8 Å². The third kappa shape index (κ3) is 11.0. The summed E-state index contributed by atoms with van der Waals surface area (Å²) in [6.45, 7) is 4.25. The fourth-order valence-electron chi connectivity index (χ4n) is 5.79.